The minimum atomic E-state index is -3.58. The van der Waals surface area contributed by atoms with Gasteiger partial charge in [0.1, 0.15) is 12.1 Å². The molecule has 1 aliphatic heterocycles. The number of terminal acetylenes is 1. The highest BCUT2D eigenvalue weighted by molar-refractivity contribution is 7.92. The molecule has 4 aliphatic rings. The van der Waals surface area contributed by atoms with Crippen LogP contribution in [0.4, 0.5) is 4.79 Å². The molecule has 1 saturated heterocycles. The lowest BCUT2D eigenvalue weighted by molar-refractivity contribution is -0.144. The van der Waals surface area contributed by atoms with E-state index in [0.717, 1.165) is 44.9 Å². The Hall–Kier alpha value is -3.40. The van der Waals surface area contributed by atoms with Gasteiger partial charge in [0.05, 0.1) is 22.1 Å². The lowest BCUT2D eigenvalue weighted by Crippen LogP contribution is -2.64. The zero-order valence-electron chi connectivity index (χ0n) is 31.4. The lowest BCUT2D eigenvalue weighted by atomic mass is 9.83. The molecule has 0 aromatic carbocycles. The number of urea groups is 1. The molecular formula is C38H59N5O7S. The Morgan fingerprint density at radius 1 is 0.980 bits per heavy atom. The van der Waals surface area contributed by atoms with Crippen molar-refractivity contribution in [2.24, 2.45) is 22.7 Å². The Labute approximate surface area is 304 Å². The van der Waals surface area contributed by atoms with Crippen LogP contribution in [0.15, 0.2) is 12.7 Å². The third-order valence-electron chi connectivity index (χ3n) is 11.7. The summed E-state index contributed by atoms with van der Waals surface area (Å²) in [5, 5.41) is 11.2. The fraction of sp³-hybridized carbons (Fsp3) is 0.763. The van der Waals surface area contributed by atoms with Crippen molar-refractivity contribution in [3.8, 4) is 12.3 Å². The molecule has 0 bridgehead atoms. The lowest BCUT2D eigenvalue weighted by Gasteiger charge is -2.41. The number of ketones is 1. The second-order valence-electron chi connectivity index (χ2n) is 17.4. The van der Waals surface area contributed by atoms with E-state index in [1.165, 1.54) is 6.08 Å². The standard InChI is InChI=1S/C38H59N5O7S/c1-9-11-15-27(29(44)32(46)39-22-10-2)40-31(45)28-25-16-19-37(20-21-37)26(25)23-43(28)33(47)30(35(3,4)5)41-34(48)42-38(17-13-12-14-18-38)24-51(49,50)36(6,7)8/h1,10,25-28,30H,2,11-24H2,3-8H3,(H,39,46)(H,40,45)(H2,41,42,48)/t25-,26-,27?,28-,30+/m0/s1. The Balaban J connectivity index is 1.60. The summed E-state index contributed by atoms with van der Waals surface area (Å²) in [6.07, 6.45) is 14.4. The molecule has 5 atom stereocenters. The maximum absolute atomic E-state index is 14.7. The number of hydrogen-bond acceptors (Lipinski definition) is 7. The van der Waals surface area contributed by atoms with Gasteiger partial charge in [-0.3, -0.25) is 19.2 Å². The van der Waals surface area contributed by atoms with Crippen LogP contribution in [0.1, 0.15) is 112 Å². The van der Waals surface area contributed by atoms with Crippen molar-refractivity contribution >= 4 is 39.4 Å². The molecule has 1 heterocycles. The van der Waals surface area contributed by atoms with Crippen LogP contribution in [0, 0.1) is 35.0 Å². The van der Waals surface area contributed by atoms with Crippen molar-refractivity contribution in [2.45, 2.75) is 141 Å². The normalized spacial score (nSPS) is 24.7. The van der Waals surface area contributed by atoms with Crippen molar-refractivity contribution < 1.29 is 32.4 Å². The summed E-state index contributed by atoms with van der Waals surface area (Å²) in [4.78, 5) is 70.1. The largest absolute Gasteiger partial charge is 0.346 e. The predicted octanol–water partition coefficient (Wildman–Crippen LogP) is 3.40. The summed E-state index contributed by atoms with van der Waals surface area (Å²) in [5.74, 6) is -0.406. The van der Waals surface area contributed by atoms with E-state index >= 15 is 0 Å². The number of amides is 5. The van der Waals surface area contributed by atoms with Crippen molar-refractivity contribution in [1.29, 1.82) is 0 Å². The molecule has 284 valence electrons. The second kappa shape index (κ2) is 15.3. The molecule has 51 heavy (non-hydrogen) atoms. The Morgan fingerprint density at radius 2 is 1.63 bits per heavy atom. The third-order valence-corrected chi connectivity index (χ3v) is 14.5. The minimum Gasteiger partial charge on any atom is -0.346 e. The van der Waals surface area contributed by atoms with Crippen molar-refractivity contribution in [1.82, 2.24) is 26.2 Å². The molecule has 1 spiro atoms. The van der Waals surface area contributed by atoms with Crippen molar-refractivity contribution in [3.05, 3.63) is 12.7 Å². The van der Waals surface area contributed by atoms with E-state index in [-0.39, 0.29) is 42.4 Å². The Bertz CT molecular complexity index is 1530. The van der Waals surface area contributed by atoms with Gasteiger partial charge in [-0.25, -0.2) is 13.2 Å². The average molecular weight is 730 g/mol. The number of nitrogens with one attached hydrogen (secondary N) is 4. The number of rotatable bonds is 13. The minimum absolute atomic E-state index is 0.0559. The van der Waals surface area contributed by atoms with Crippen LogP contribution in [0.5, 0.6) is 0 Å². The molecule has 0 aromatic rings. The van der Waals surface area contributed by atoms with Gasteiger partial charge in [0, 0.05) is 19.5 Å². The van der Waals surface area contributed by atoms with Crippen LogP contribution in [0.3, 0.4) is 0 Å². The first kappa shape index (κ1) is 40.4. The predicted molar refractivity (Wildman–Crippen MR) is 196 cm³/mol. The van der Waals surface area contributed by atoms with Crippen molar-refractivity contribution in [3.63, 3.8) is 0 Å². The van der Waals surface area contributed by atoms with Crippen LogP contribution >= 0.6 is 0 Å². The van der Waals surface area contributed by atoms with Crippen LogP contribution in [-0.4, -0.2) is 90.1 Å². The first-order valence-electron chi connectivity index (χ1n) is 18.5. The molecule has 0 radical (unpaired) electrons. The van der Waals surface area contributed by atoms with Gasteiger partial charge in [-0.15, -0.1) is 18.9 Å². The monoisotopic (exact) mass is 729 g/mol. The quantitative estimate of drug-likeness (QED) is 0.128. The summed E-state index contributed by atoms with van der Waals surface area (Å²) in [6, 6.07) is -3.76. The molecule has 5 amide bonds. The number of carbonyl (C=O) groups is 5. The van der Waals surface area contributed by atoms with Crippen molar-refractivity contribution in [2.75, 3.05) is 18.8 Å². The maximum atomic E-state index is 14.7. The number of likely N-dealkylation sites (tertiary alicyclic amines) is 1. The van der Waals surface area contributed by atoms with Gasteiger partial charge < -0.3 is 26.2 Å². The average Bonchev–Trinajstić information content (AvgIpc) is 3.61. The smallest absolute Gasteiger partial charge is 0.315 e. The zero-order chi connectivity index (χ0) is 38.0. The molecular weight excluding hydrogens is 671 g/mol. The molecule has 12 nitrogen and oxygen atoms in total. The summed E-state index contributed by atoms with van der Waals surface area (Å²) in [7, 11) is -3.58. The van der Waals surface area contributed by atoms with Crippen LogP contribution in [0.2, 0.25) is 0 Å². The molecule has 1 unspecified atom stereocenters. The number of Topliss-reactive ketones (excluding diaryl/α,β-unsaturated/α-hetero) is 1. The first-order chi connectivity index (χ1) is 23.7. The molecule has 3 saturated carbocycles. The molecule has 4 rings (SSSR count). The Kier molecular flexibility index (Phi) is 12.1. The van der Waals surface area contributed by atoms with Gasteiger partial charge in [0.15, 0.2) is 9.84 Å². The molecule has 3 aliphatic carbocycles. The highest BCUT2D eigenvalue weighted by Gasteiger charge is 2.64. The summed E-state index contributed by atoms with van der Waals surface area (Å²) < 4.78 is 25.7. The molecule has 0 aromatic heterocycles. The van der Waals surface area contributed by atoms with E-state index in [1.54, 1.807) is 25.7 Å². The molecule has 13 heteroatoms. The van der Waals surface area contributed by atoms with E-state index in [9.17, 15) is 32.4 Å². The number of carbonyl (C=O) groups excluding carboxylic acids is 5. The molecule has 4 fully saturated rings. The Morgan fingerprint density at radius 3 is 2.18 bits per heavy atom. The van der Waals surface area contributed by atoms with E-state index in [2.05, 4.69) is 33.8 Å². The van der Waals surface area contributed by atoms with Gasteiger partial charge in [-0.1, -0.05) is 46.1 Å². The molecule has 4 N–H and O–H groups in total. The summed E-state index contributed by atoms with van der Waals surface area (Å²) in [5.41, 5.74) is -1.67. The van der Waals surface area contributed by atoms with Gasteiger partial charge in [-0.2, -0.15) is 0 Å². The number of nitrogens with zero attached hydrogens (tertiary/aromatic N) is 1. The summed E-state index contributed by atoms with van der Waals surface area (Å²) >= 11 is 0. The fourth-order valence-corrected chi connectivity index (χ4v) is 9.92. The van der Waals surface area contributed by atoms with E-state index in [4.69, 9.17) is 6.42 Å². The third kappa shape index (κ3) is 8.98. The highest BCUT2D eigenvalue weighted by atomic mass is 32.2. The van der Waals surface area contributed by atoms with E-state index in [0.29, 0.717) is 19.4 Å². The van der Waals surface area contributed by atoms with Gasteiger partial charge in [0.25, 0.3) is 5.91 Å². The first-order valence-corrected chi connectivity index (χ1v) is 20.1. The van der Waals surface area contributed by atoms with Crippen LogP contribution in [-0.2, 0) is 29.0 Å². The SMILES string of the molecule is C#CCCC(NC(=O)[C@@H]1[C@H]2CCC3(CC3)[C@H]2CN1C(=O)[C@@H](NC(=O)NC1(CS(=O)(=O)C(C)(C)C)CCCCC1)C(C)(C)C)C(=O)C(=O)NCC=C. The number of fused-ring (bicyclic) bond motifs is 2. The summed E-state index contributed by atoms with van der Waals surface area (Å²) in [6.45, 7) is 14.4. The van der Waals surface area contributed by atoms with Crippen LogP contribution < -0.4 is 21.3 Å². The fourth-order valence-electron chi connectivity index (χ4n) is 8.40. The van der Waals surface area contributed by atoms with Crippen LogP contribution in [0.25, 0.3) is 0 Å². The van der Waals surface area contributed by atoms with E-state index < -0.39 is 73.2 Å². The van der Waals surface area contributed by atoms with Gasteiger partial charge in [0.2, 0.25) is 17.6 Å². The highest BCUT2D eigenvalue weighted by Crippen LogP contribution is 2.66. The zero-order valence-corrected chi connectivity index (χ0v) is 32.2. The topological polar surface area (TPSA) is 171 Å². The second-order valence-corrected chi connectivity index (χ2v) is 20.1. The van der Waals surface area contributed by atoms with Gasteiger partial charge in [-0.05, 0) is 88.4 Å². The maximum Gasteiger partial charge on any atom is 0.315 e. The van der Waals surface area contributed by atoms with E-state index in [1.807, 2.05) is 20.8 Å². The van der Waals surface area contributed by atoms with Gasteiger partial charge >= 0.3 is 6.03 Å². The number of sulfone groups is 1. The number of hydrogen-bond donors (Lipinski definition) is 4.